The Bertz CT molecular complexity index is 689. The van der Waals surface area contributed by atoms with Gasteiger partial charge in [0.2, 0.25) is 0 Å². The van der Waals surface area contributed by atoms with Crippen molar-refractivity contribution in [1.29, 1.82) is 0 Å². The summed E-state index contributed by atoms with van der Waals surface area (Å²) in [7, 11) is 0. The van der Waals surface area contributed by atoms with E-state index in [1.54, 1.807) is 0 Å². The van der Waals surface area contributed by atoms with E-state index in [2.05, 4.69) is 46.1 Å². The van der Waals surface area contributed by atoms with Crippen LogP contribution in [0.3, 0.4) is 0 Å². The van der Waals surface area contributed by atoms with Gasteiger partial charge in [0, 0.05) is 36.0 Å². The van der Waals surface area contributed by atoms with Gasteiger partial charge in [0.1, 0.15) is 5.75 Å². The molecule has 0 N–H and O–H groups in total. The van der Waals surface area contributed by atoms with E-state index in [9.17, 15) is 0 Å². The van der Waals surface area contributed by atoms with Crippen LogP contribution in [0.25, 0.3) is 10.9 Å². The molecule has 2 heterocycles. The molecule has 1 aromatic carbocycles. The maximum atomic E-state index is 5.54. The van der Waals surface area contributed by atoms with E-state index in [0.29, 0.717) is 6.61 Å². The van der Waals surface area contributed by atoms with Crippen molar-refractivity contribution in [2.45, 2.75) is 19.9 Å². The molecule has 102 valence electrons. The summed E-state index contributed by atoms with van der Waals surface area (Å²) >= 11 is 0. The lowest BCUT2D eigenvalue weighted by molar-refractivity contribution is 0.340. The maximum absolute atomic E-state index is 5.54. The zero-order valence-corrected chi connectivity index (χ0v) is 11.6. The van der Waals surface area contributed by atoms with Gasteiger partial charge in [0.25, 0.3) is 0 Å². The summed E-state index contributed by atoms with van der Waals surface area (Å²) in [5, 5.41) is 1.23. The van der Waals surface area contributed by atoms with E-state index in [1.807, 2.05) is 25.4 Å². The lowest BCUT2D eigenvalue weighted by Crippen LogP contribution is -1.99. The molecule has 0 radical (unpaired) electrons. The minimum absolute atomic E-state index is 0.703. The number of aryl methyl sites for hydroxylation is 2. The number of nitrogens with zero attached hydrogens (tertiary/aromatic N) is 2. The molecule has 0 amide bonds. The fourth-order valence-corrected chi connectivity index (χ4v) is 2.43. The van der Waals surface area contributed by atoms with Crippen LogP contribution in [0.1, 0.15) is 12.5 Å². The average molecular weight is 266 g/mol. The molecule has 0 atom stereocenters. The number of benzene rings is 1. The van der Waals surface area contributed by atoms with Crippen molar-refractivity contribution in [1.82, 2.24) is 9.55 Å². The standard InChI is InChI=1S/C17H18N2O/c1-2-20-16-3-4-17-15(13-16)8-12-19(17)11-7-14-5-9-18-10-6-14/h3-6,8-10,12-13H,2,7,11H2,1H3. The predicted molar refractivity (Wildman–Crippen MR) is 81.0 cm³/mol. The second-order valence-electron chi connectivity index (χ2n) is 4.77. The first-order valence-corrected chi connectivity index (χ1v) is 6.97. The zero-order valence-electron chi connectivity index (χ0n) is 11.6. The monoisotopic (exact) mass is 266 g/mol. The summed E-state index contributed by atoms with van der Waals surface area (Å²) in [4.78, 5) is 4.05. The molecule has 0 bridgehead atoms. The van der Waals surface area contributed by atoms with E-state index < -0.39 is 0 Å². The van der Waals surface area contributed by atoms with Crippen molar-refractivity contribution >= 4 is 10.9 Å². The minimum atomic E-state index is 0.703. The topological polar surface area (TPSA) is 27.1 Å². The van der Waals surface area contributed by atoms with Gasteiger partial charge in [0.15, 0.2) is 0 Å². The summed E-state index contributed by atoms with van der Waals surface area (Å²) < 4.78 is 7.82. The Morgan fingerprint density at radius 3 is 2.75 bits per heavy atom. The first-order valence-electron chi connectivity index (χ1n) is 6.97. The lowest BCUT2D eigenvalue weighted by atomic mass is 10.2. The van der Waals surface area contributed by atoms with Gasteiger partial charge in [-0.05, 0) is 55.3 Å². The van der Waals surface area contributed by atoms with Gasteiger partial charge in [-0.15, -0.1) is 0 Å². The normalized spacial score (nSPS) is 10.8. The number of aromatic nitrogens is 2. The molecular formula is C17H18N2O. The number of pyridine rings is 1. The van der Waals surface area contributed by atoms with Gasteiger partial charge in [0.05, 0.1) is 6.61 Å². The van der Waals surface area contributed by atoms with Gasteiger partial charge in [-0.3, -0.25) is 4.98 Å². The Kier molecular flexibility index (Phi) is 3.68. The summed E-state index contributed by atoms with van der Waals surface area (Å²) in [5.41, 5.74) is 2.57. The minimum Gasteiger partial charge on any atom is -0.494 e. The smallest absolute Gasteiger partial charge is 0.120 e. The quantitative estimate of drug-likeness (QED) is 0.704. The first kappa shape index (κ1) is 12.7. The van der Waals surface area contributed by atoms with E-state index in [-0.39, 0.29) is 0 Å². The van der Waals surface area contributed by atoms with E-state index in [1.165, 1.54) is 16.5 Å². The largest absolute Gasteiger partial charge is 0.494 e. The third-order valence-corrected chi connectivity index (χ3v) is 3.44. The molecule has 0 unspecified atom stereocenters. The molecule has 3 nitrogen and oxygen atoms in total. The number of ether oxygens (including phenoxy) is 1. The van der Waals surface area contributed by atoms with Gasteiger partial charge in [-0.1, -0.05) is 0 Å². The third kappa shape index (κ3) is 2.67. The Balaban J connectivity index is 1.78. The fraction of sp³-hybridized carbons (Fsp3) is 0.235. The van der Waals surface area contributed by atoms with Gasteiger partial charge in [-0.2, -0.15) is 0 Å². The Morgan fingerprint density at radius 1 is 1.10 bits per heavy atom. The van der Waals surface area contributed by atoms with Crippen molar-refractivity contribution in [3.05, 3.63) is 60.6 Å². The molecule has 0 spiro atoms. The molecule has 0 aliphatic heterocycles. The number of rotatable bonds is 5. The first-order chi connectivity index (χ1) is 9.86. The van der Waals surface area contributed by atoms with Gasteiger partial charge in [-0.25, -0.2) is 0 Å². The highest BCUT2D eigenvalue weighted by Gasteiger charge is 2.03. The van der Waals surface area contributed by atoms with Crippen LogP contribution in [-0.4, -0.2) is 16.2 Å². The molecular weight excluding hydrogens is 248 g/mol. The molecule has 3 aromatic rings. The molecule has 3 rings (SSSR count). The van der Waals surface area contributed by atoms with E-state index in [4.69, 9.17) is 4.74 Å². The van der Waals surface area contributed by atoms with Gasteiger partial charge >= 0.3 is 0 Å². The van der Waals surface area contributed by atoms with Crippen molar-refractivity contribution in [3.8, 4) is 5.75 Å². The van der Waals surface area contributed by atoms with Crippen LogP contribution >= 0.6 is 0 Å². The van der Waals surface area contributed by atoms with Crippen LogP contribution in [0.15, 0.2) is 55.0 Å². The molecule has 0 aliphatic rings. The highest BCUT2D eigenvalue weighted by Crippen LogP contribution is 2.22. The third-order valence-electron chi connectivity index (χ3n) is 3.44. The highest BCUT2D eigenvalue weighted by molar-refractivity contribution is 5.81. The Labute approximate surface area is 118 Å². The summed E-state index contributed by atoms with van der Waals surface area (Å²) in [6, 6.07) is 12.5. The fourth-order valence-electron chi connectivity index (χ4n) is 2.43. The number of hydrogen-bond donors (Lipinski definition) is 0. The Hall–Kier alpha value is -2.29. The number of hydrogen-bond acceptors (Lipinski definition) is 2. The Morgan fingerprint density at radius 2 is 1.95 bits per heavy atom. The SMILES string of the molecule is CCOc1ccc2c(ccn2CCc2ccncc2)c1. The van der Waals surface area contributed by atoms with Crippen LogP contribution in [0.4, 0.5) is 0 Å². The summed E-state index contributed by atoms with van der Waals surface area (Å²) in [6.45, 7) is 3.68. The van der Waals surface area contributed by atoms with E-state index >= 15 is 0 Å². The zero-order chi connectivity index (χ0) is 13.8. The highest BCUT2D eigenvalue weighted by atomic mass is 16.5. The van der Waals surface area contributed by atoms with Gasteiger partial charge < -0.3 is 9.30 Å². The second-order valence-corrected chi connectivity index (χ2v) is 4.77. The van der Waals surface area contributed by atoms with Crippen LogP contribution < -0.4 is 4.74 Å². The van der Waals surface area contributed by atoms with Crippen LogP contribution in [0, 0.1) is 0 Å². The molecule has 3 heteroatoms. The number of fused-ring (bicyclic) bond motifs is 1. The molecule has 0 saturated carbocycles. The summed E-state index contributed by atoms with van der Waals surface area (Å²) in [6.07, 6.45) is 6.84. The molecule has 20 heavy (non-hydrogen) atoms. The van der Waals surface area contributed by atoms with E-state index in [0.717, 1.165) is 18.7 Å². The maximum Gasteiger partial charge on any atom is 0.120 e. The van der Waals surface area contributed by atoms with Crippen LogP contribution in [0.2, 0.25) is 0 Å². The average Bonchev–Trinajstić information content (AvgIpc) is 2.89. The second kappa shape index (κ2) is 5.78. The van der Waals surface area contributed by atoms with Crippen molar-refractivity contribution in [2.24, 2.45) is 0 Å². The van der Waals surface area contributed by atoms with Crippen molar-refractivity contribution in [3.63, 3.8) is 0 Å². The van der Waals surface area contributed by atoms with Crippen LogP contribution in [0.5, 0.6) is 5.75 Å². The van der Waals surface area contributed by atoms with Crippen LogP contribution in [-0.2, 0) is 13.0 Å². The predicted octanol–water partition coefficient (Wildman–Crippen LogP) is 3.68. The molecule has 0 fully saturated rings. The lowest BCUT2D eigenvalue weighted by Gasteiger charge is -2.07. The van der Waals surface area contributed by atoms with Crippen molar-refractivity contribution in [2.75, 3.05) is 6.61 Å². The molecule has 0 saturated heterocycles. The molecule has 0 aliphatic carbocycles. The van der Waals surface area contributed by atoms with Crippen molar-refractivity contribution < 1.29 is 4.74 Å². The molecule has 2 aromatic heterocycles. The summed E-state index contributed by atoms with van der Waals surface area (Å²) in [5.74, 6) is 0.937.